The van der Waals surface area contributed by atoms with E-state index >= 15 is 0 Å². The van der Waals surface area contributed by atoms with Crippen LogP contribution in [-0.2, 0) is 14.3 Å². The van der Waals surface area contributed by atoms with Gasteiger partial charge in [0.1, 0.15) is 11.6 Å². The van der Waals surface area contributed by atoms with Gasteiger partial charge in [0, 0.05) is 25.8 Å². The summed E-state index contributed by atoms with van der Waals surface area (Å²) in [5.74, 6) is -0.376. The van der Waals surface area contributed by atoms with Crippen molar-refractivity contribution in [2.24, 2.45) is 5.73 Å². The van der Waals surface area contributed by atoms with Crippen LogP contribution in [0.15, 0.2) is 11.8 Å². The van der Waals surface area contributed by atoms with Crippen molar-refractivity contribution in [1.82, 2.24) is 9.80 Å². The summed E-state index contributed by atoms with van der Waals surface area (Å²) >= 11 is 0. The van der Waals surface area contributed by atoms with Crippen molar-refractivity contribution in [3.8, 4) is 6.07 Å². The summed E-state index contributed by atoms with van der Waals surface area (Å²) in [6, 6.07) is 1.87. The molecule has 1 rings (SSSR count). The normalized spacial score (nSPS) is 22.6. The molecule has 0 bridgehead atoms. The Morgan fingerprint density at radius 1 is 1.48 bits per heavy atom. The minimum atomic E-state index is -0.376. The number of carbonyl (C=O) groups is 2. The van der Waals surface area contributed by atoms with E-state index in [1.54, 1.807) is 4.90 Å². The number of ether oxygens (including phenoxy) is 1. The summed E-state index contributed by atoms with van der Waals surface area (Å²) in [5, 5.41) is 9.16. The first-order chi connectivity index (χ1) is 10.0. The molecule has 1 fully saturated rings. The SMILES string of the molecule is CC1CN(C(=O)/C(C#N)=C\N(C=O)CCCN)CC(C)O1. The Hall–Kier alpha value is -1.91. The van der Waals surface area contributed by atoms with Gasteiger partial charge in [0.15, 0.2) is 0 Å². The lowest BCUT2D eigenvalue weighted by atomic mass is 10.2. The third-order valence-electron chi connectivity index (χ3n) is 3.11. The van der Waals surface area contributed by atoms with Crippen LogP contribution in [0.4, 0.5) is 0 Å². The Balaban J connectivity index is 2.80. The van der Waals surface area contributed by atoms with Crippen molar-refractivity contribution in [1.29, 1.82) is 5.26 Å². The molecule has 7 heteroatoms. The average molecular weight is 294 g/mol. The van der Waals surface area contributed by atoms with Crippen LogP contribution in [0.25, 0.3) is 0 Å². The Morgan fingerprint density at radius 2 is 2.10 bits per heavy atom. The highest BCUT2D eigenvalue weighted by Gasteiger charge is 2.28. The van der Waals surface area contributed by atoms with E-state index in [9.17, 15) is 9.59 Å². The van der Waals surface area contributed by atoms with Gasteiger partial charge >= 0.3 is 0 Å². The molecule has 0 saturated carbocycles. The van der Waals surface area contributed by atoms with Gasteiger partial charge in [-0.1, -0.05) is 0 Å². The van der Waals surface area contributed by atoms with Crippen LogP contribution in [0.2, 0.25) is 0 Å². The van der Waals surface area contributed by atoms with Crippen LogP contribution >= 0.6 is 0 Å². The van der Waals surface area contributed by atoms with E-state index in [1.807, 2.05) is 19.9 Å². The van der Waals surface area contributed by atoms with Gasteiger partial charge in [-0.25, -0.2) is 0 Å². The lowest BCUT2D eigenvalue weighted by Crippen LogP contribution is -2.48. The molecule has 0 spiro atoms. The molecule has 116 valence electrons. The fourth-order valence-electron chi connectivity index (χ4n) is 2.23. The lowest BCUT2D eigenvalue weighted by Gasteiger charge is -2.35. The largest absolute Gasteiger partial charge is 0.372 e. The number of nitrogens with two attached hydrogens (primary N) is 1. The van der Waals surface area contributed by atoms with Crippen molar-refractivity contribution in [3.05, 3.63) is 11.8 Å². The summed E-state index contributed by atoms with van der Waals surface area (Å²) in [5.41, 5.74) is 5.33. The van der Waals surface area contributed by atoms with Crippen LogP contribution in [0.3, 0.4) is 0 Å². The number of hydrogen-bond acceptors (Lipinski definition) is 5. The summed E-state index contributed by atoms with van der Waals surface area (Å²) in [6.07, 6.45) is 2.34. The van der Waals surface area contributed by atoms with Gasteiger partial charge < -0.3 is 20.3 Å². The molecule has 1 aliphatic heterocycles. The second-order valence-electron chi connectivity index (χ2n) is 5.11. The van der Waals surface area contributed by atoms with E-state index in [0.717, 1.165) is 0 Å². The van der Waals surface area contributed by atoms with Crippen LogP contribution in [0.1, 0.15) is 20.3 Å². The molecule has 0 radical (unpaired) electrons. The van der Waals surface area contributed by atoms with Gasteiger partial charge in [-0.2, -0.15) is 5.26 Å². The monoisotopic (exact) mass is 294 g/mol. The number of amides is 2. The first kappa shape index (κ1) is 17.1. The molecule has 1 saturated heterocycles. The molecular formula is C14H22N4O3. The predicted molar refractivity (Wildman–Crippen MR) is 76.7 cm³/mol. The molecule has 1 heterocycles. The molecule has 0 aromatic carbocycles. The standard InChI is InChI=1S/C14H22N4O3/c1-11-7-18(8-12(2)21-11)14(20)13(6-16)9-17(10-19)5-3-4-15/h9-12H,3-5,7-8,15H2,1-2H3/b13-9-. The van der Waals surface area contributed by atoms with Crippen LogP contribution < -0.4 is 5.73 Å². The molecule has 21 heavy (non-hydrogen) atoms. The average Bonchev–Trinajstić information content (AvgIpc) is 2.46. The molecule has 0 aromatic heterocycles. The number of rotatable bonds is 6. The summed E-state index contributed by atoms with van der Waals surface area (Å²) < 4.78 is 5.56. The number of nitrogens with zero attached hydrogens (tertiary/aromatic N) is 3. The topological polar surface area (TPSA) is 99.7 Å². The number of hydrogen-bond donors (Lipinski definition) is 1. The molecule has 0 aromatic rings. The van der Waals surface area contributed by atoms with E-state index < -0.39 is 0 Å². The molecule has 2 amide bonds. The highest BCUT2D eigenvalue weighted by atomic mass is 16.5. The van der Waals surface area contributed by atoms with Crippen molar-refractivity contribution in [2.45, 2.75) is 32.5 Å². The van der Waals surface area contributed by atoms with Crippen LogP contribution in [0, 0.1) is 11.3 Å². The quantitative estimate of drug-likeness (QED) is 0.417. The number of morpholine rings is 1. The fraction of sp³-hybridized carbons (Fsp3) is 0.643. The molecular weight excluding hydrogens is 272 g/mol. The fourth-order valence-corrected chi connectivity index (χ4v) is 2.23. The van der Waals surface area contributed by atoms with Gasteiger partial charge in [-0.15, -0.1) is 0 Å². The maximum absolute atomic E-state index is 12.4. The summed E-state index contributed by atoms with van der Waals surface area (Å²) in [7, 11) is 0. The zero-order chi connectivity index (χ0) is 15.8. The Kier molecular flexibility index (Phi) is 6.85. The maximum Gasteiger partial charge on any atom is 0.266 e. The predicted octanol–water partition coefficient (Wildman–Crippen LogP) is -0.163. The summed E-state index contributed by atoms with van der Waals surface area (Å²) in [4.78, 5) is 26.2. The molecule has 2 unspecified atom stereocenters. The van der Waals surface area contributed by atoms with Crippen molar-refractivity contribution in [3.63, 3.8) is 0 Å². The molecule has 1 aliphatic rings. The smallest absolute Gasteiger partial charge is 0.266 e. The van der Waals surface area contributed by atoms with Crippen molar-refractivity contribution >= 4 is 12.3 Å². The van der Waals surface area contributed by atoms with Crippen LogP contribution in [-0.4, -0.2) is 60.5 Å². The van der Waals surface area contributed by atoms with E-state index in [2.05, 4.69) is 0 Å². The first-order valence-corrected chi connectivity index (χ1v) is 6.99. The second kappa shape index (κ2) is 8.39. The minimum Gasteiger partial charge on any atom is -0.372 e. The number of nitriles is 1. The lowest BCUT2D eigenvalue weighted by molar-refractivity contribution is -0.138. The Bertz CT molecular complexity index is 434. The molecule has 2 N–H and O–H groups in total. The zero-order valence-electron chi connectivity index (χ0n) is 12.5. The third kappa shape index (κ3) is 5.17. The maximum atomic E-state index is 12.4. The highest BCUT2D eigenvalue weighted by Crippen LogP contribution is 2.13. The molecule has 2 atom stereocenters. The van der Waals surface area contributed by atoms with E-state index in [0.29, 0.717) is 39.0 Å². The third-order valence-corrected chi connectivity index (χ3v) is 3.11. The van der Waals surface area contributed by atoms with Gasteiger partial charge in [0.05, 0.1) is 12.2 Å². The minimum absolute atomic E-state index is 0.0552. The van der Waals surface area contributed by atoms with Gasteiger partial charge in [-0.05, 0) is 26.8 Å². The Morgan fingerprint density at radius 3 is 2.57 bits per heavy atom. The molecule has 0 aliphatic carbocycles. The second-order valence-corrected chi connectivity index (χ2v) is 5.11. The zero-order valence-corrected chi connectivity index (χ0v) is 12.5. The van der Waals surface area contributed by atoms with Crippen molar-refractivity contribution in [2.75, 3.05) is 26.2 Å². The van der Waals surface area contributed by atoms with Gasteiger partial charge in [0.25, 0.3) is 5.91 Å². The van der Waals surface area contributed by atoms with Crippen molar-refractivity contribution < 1.29 is 14.3 Å². The van der Waals surface area contributed by atoms with E-state index in [-0.39, 0.29) is 23.7 Å². The summed E-state index contributed by atoms with van der Waals surface area (Å²) in [6.45, 7) is 5.45. The highest BCUT2D eigenvalue weighted by molar-refractivity contribution is 5.97. The van der Waals surface area contributed by atoms with E-state index in [1.165, 1.54) is 11.1 Å². The van der Waals surface area contributed by atoms with E-state index in [4.69, 9.17) is 15.7 Å². The van der Waals surface area contributed by atoms with Gasteiger partial charge in [-0.3, -0.25) is 9.59 Å². The van der Waals surface area contributed by atoms with Gasteiger partial charge in [0.2, 0.25) is 6.41 Å². The first-order valence-electron chi connectivity index (χ1n) is 6.99. The van der Waals surface area contributed by atoms with Crippen LogP contribution in [0.5, 0.6) is 0 Å². The molecule has 7 nitrogen and oxygen atoms in total. The Labute approximate surface area is 124 Å². The number of carbonyl (C=O) groups excluding carboxylic acids is 2.